The molecule has 1 aliphatic rings. The second-order valence-corrected chi connectivity index (χ2v) is 5.44. The molecule has 0 unspecified atom stereocenters. The number of carbonyl (C=O) groups excluding carboxylic acids is 2. The molecule has 19 heavy (non-hydrogen) atoms. The van der Waals surface area contributed by atoms with Crippen LogP contribution < -0.4 is 4.90 Å². The molecule has 0 spiro atoms. The van der Waals surface area contributed by atoms with Gasteiger partial charge in [0.1, 0.15) is 5.69 Å². The summed E-state index contributed by atoms with van der Waals surface area (Å²) in [5.74, 6) is -0.673. The van der Waals surface area contributed by atoms with E-state index in [0.29, 0.717) is 11.3 Å². The fourth-order valence-electron chi connectivity index (χ4n) is 2.02. The molecule has 4 nitrogen and oxygen atoms in total. The smallest absolute Gasteiger partial charge is 0.268 e. The summed E-state index contributed by atoms with van der Waals surface area (Å²) < 4.78 is 1.01. The number of imide groups is 1. The molecule has 0 radical (unpaired) electrons. The van der Waals surface area contributed by atoms with E-state index in [1.807, 2.05) is 19.1 Å². The lowest BCUT2D eigenvalue weighted by molar-refractivity contribution is 0.0924. The third-order valence-corrected chi connectivity index (χ3v) is 4.22. The van der Waals surface area contributed by atoms with Crippen molar-refractivity contribution in [2.24, 2.45) is 0 Å². The minimum atomic E-state index is -0.361. The highest BCUT2D eigenvalue weighted by Crippen LogP contribution is 2.28. The Bertz CT molecular complexity index is 677. The monoisotopic (exact) mass is 364 g/mol. The molecule has 0 aliphatic carbocycles. The Balaban J connectivity index is 2.11. The van der Waals surface area contributed by atoms with Crippen molar-refractivity contribution in [3.8, 4) is 0 Å². The van der Waals surface area contributed by atoms with E-state index in [0.717, 1.165) is 9.13 Å². The zero-order chi connectivity index (χ0) is 13.6. The first-order valence-corrected chi connectivity index (χ1v) is 6.77. The number of aryl methyl sites for hydroxylation is 1. The maximum absolute atomic E-state index is 12.3. The molecule has 0 saturated heterocycles. The van der Waals surface area contributed by atoms with E-state index in [4.69, 9.17) is 0 Å². The summed E-state index contributed by atoms with van der Waals surface area (Å²) in [5.41, 5.74) is 2.29. The van der Waals surface area contributed by atoms with Crippen molar-refractivity contribution in [3.05, 3.63) is 56.9 Å². The Morgan fingerprint density at radius 1 is 1.16 bits per heavy atom. The van der Waals surface area contributed by atoms with Crippen LogP contribution in [0.15, 0.2) is 36.5 Å². The highest BCUT2D eigenvalue weighted by Gasteiger charge is 2.37. The Morgan fingerprint density at radius 3 is 2.63 bits per heavy atom. The van der Waals surface area contributed by atoms with Crippen molar-refractivity contribution < 1.29 is 9.59 Å². The van der Waals surface area contributed by atoms with E-state index in [1.54, 1.807) is 18.2 Å². The van der Waals surface area contributed by atoms with Crippen LogP contribution in [-0.4, -0.2) is 16.8 Å². The summed E-state index contributed by atoms with van der Waals surface area (Å²) in [7, 11) is 0. The number of rotatable bonds is 1. The summed E-state index contributed by atoms with van der Waals surface area (Å²) in [6.07, 6.45) is 1.52. The van der Waals surface area contributed by atoms with Gasteiger partial charge in [-0.1, -0.05) is 6.07 Å². The van der Waals surface area contributed by atoms with E-state index in [1.165, 1.54) is 11.1 Å². The molecule has 1 aromatic carbocycles. The number of benzene rings is 1. The number of carbonyl (C=O) groups is 2. The van der Waals surface area contributed by atoms with Crippen LogP contribution in [0.25, 0.3) is 0 Å². The molecule has 3 rings (SSSR count). The molecule has 1 aliphatic heterocycles. The molecule has 2 aromatic rings. The molecule has 5 heteroatoms. The molecule has 1 aromatic heterocycles. The second-order valence-electron chi connectivity index (χ2n) is 4.28. The van der Waals surface area contributed by atoms with E-state index < -0.39 is 0 Å². The molecule has 0 saturated carbocycles. The number of fused-ring (bicyclic) bond motifs is 1. The van der Waals surface area contributed by atoms with E-state index in [9.17, 15) is 9.59 Å². The van der Waals surface area contributed by atoms with Crippen molar-refractivity contribution in [3.63, 3.8) is 0 Å². The standard InChI is InChI=1S/C14H9IN2O2/c1-8-4-5-9(7-11(8)15)17-13(18)10-3-2-6-16-12(10)14(17)19/h2-7H,1H3. The van der Waals surface area contributed by atoms with Crippen LogP contribution in [-0.2, 0) is 0 Å². The number of hydrogen-bond acceptors (Lipinski definition) is 3. The van der Waals surface area contributed by atoms with Crippen molar-refractivity contribution in [1.29, 1.82) is 0 Å². The van der Waals surface area contributed by atoms with Gasteiger partial charge in [0.15, 0.2) is 0 Å². The minimum absolute atomic E-state index is 0.225. The number of pyridine rings is 1. The number of amides is 2. The third kappa shape index (κ3) is 1.85. The van der Waals surface area contributed by atoms with Gasteiger partial charge in [-0.25, -0.2) is 4.90 Å². The highest BCUT2D eigenvalue weighted by atomic mass is 127. The molecular formula is C14H9IN2O2. The zero-order valence-electron chi connectivity index (χ0n) is 10.1. The molecule has 0 atom stereocenters. The van der Waals surface area contributed by atoms with Gasteiger partial charge < -0.3 is 0 Å². The maximum Gasteiger partial charge on any atom is 0.284 e. The summed E-state index contributed by atoms with van der Waals surface area (Å²) >= 11 is 2.19. The van der Waals surface area contributed by atoms with Crippen LogP contribution in [0.3, 0.4) is 0 Å². The molecule has 0 bridgehead atoms. The second kappa shape index (κ2) is 4.41. The van der Waals surface area contributed by atoms with Gasteiger partial charge >= 0.3 is 0 Å². The van der Waals surface area contributed by atoms with Crippen LogP contribution in [0.1, 0.15) is 26.4 Å². The molecule has 94 valence electrons. The van der Waals surface area contributed by atoms with Gasteiger partial charge in [0.25, 0.3) is 11.8 Å². The normalized spacial score (nSPS) is 13.9. The first-order chi connectivity index (χ1) is 9.09. The Kier molecular flexibility index (Phi) is 2.85. The first-order valence-electron chi connectivity index (χ1n) is 5.69. The van der Waals surface area contributed by atoms with Gasteiger partial charge in [-0.2, -0.15) is 0 Å². The quantitative estimate of drug-likeness (QED) is 0.578. The van der Waals surface area contributed by atoms with Crippen molar-refractivity contribution in [2.75, 3.05) is 4.90 Å². The van der Waals surface area contributed by atoms with Crippen LogP contribution in [0.2, 0.25) is 0 Å². The molecule has 0 N–H and O–H groups in total. The van der Waals surface area contributed by atoms with E-state index in [-0.39, 0.29) is 17.5 Å². The number of halogens is 1. The minimum Gasteiger partial charge on any atom is -0.268 e. The van der Waals surface area contributed by atoms with E-state index >= 15 is 0 Å². The number of hydrogen-bond donors (Lipinski definition) is 0. The summed E-state index contributed by atoms with van der Waals surface area (Å²) in [6.45, 7) is 1.98. The SMILES string of the molecule is Cc1ccc(N2C(=O)c3cccnc3C2=O)cc1I. The van der Waals surface area contributed by atoms with Gasteiger partial charge in [0, 0.05) is 9.77 Å². The Labute approximate surface area is 123 Å². The number of anilines is 1. The molecule has 0 fully saturated rings. The molecule has 2 heterocycles. The van der Waals surface area contributed by atoms with Crippen molar-refractivity contribution >= 4 is 40.1 Å². The van der Waals surface area contributed by atoms with E-state index in [2.05, 4.69) is 27.6 Å². The lowest BCUT2D eigenvalue weighted by Crippen LogP contribution is -2.29. The summed E-state index contributed by atoms with van der Waals surface area (Å²) in [6, 6.07) is 8.79. The van der Waals surface area contributed by atoms with Gasteiger partial charge in [-0.05, 0) is 59.3 Å². The fraction of sp³-hybridized carbons (Fsp3) is 0.0714. The highest BCUT2D eigenvalue weighted by molar-refractivity contribution is 14.1. The summed E-state index contributed by atoms with van der Waals surface area (Å²) in [4.78, 5) is 29.7. The lowest BCUT2D eigenvalue weighted by atomic mass is 10.2. The summed E-state index contributed by atoms with van der Waals surface area (Å²) in [5, 5.41) is 0. The predicted octanol–water partition coefficient (Wildman–Crippen LogP) is 2.80. The average Bonchev–Trinajstić information content (AvgIpc) is 2.66. The first kappa shape index (κ1) is 12.3. The zero-order valence-corrected chi connectivity index (χ0v) is 12.2. The van der Waals surface area contributed by atoms with Crippen LogP contribution >= 0.6 is 22.6 Å². The van der Waals surface area contributed by atoms with Crippen LogP contribution in [0.4, 0.5) is 5.69 Å². The van der Waals surface area contributed by atoms with Gasteiger partial charge in [0.2, 0.25) is 0 Å². The van der Waals surface area contributed by atoms with Gasteiger partial charge in [0.05, 0.1) is 11.3 Å². The third-order valence-electron chi connectivity index (χ3n) is 3.06. The van der Waals surface area contributed by atoms with Gasteiger partial charge in [-0.3, -0.25) is 14.6 Å². The predicted molar refractivity (Wildman–Crippen MR) is 79.3 cm³/mol. The maximum atomic E-state index is 12.3. The Hall–Kier alpha value is -1.76. The number of nitrogens with zero attached hydrogens (tertiary/aromatic N) is 2. The molecule has 2 amide bonds. The van der Waals surface area contributed by atoms with Gasteiger partial charge in [-0.15, -0.1) is 0 Å². The van der Waals surface area contributed by atoms with Crippen LogP contribution in [0.5, 0.6) is 0 Å². The lowest BCUT2D eigenvalue weighted by Gasteiger charge is -2.14. The molecular weight excluding hydrogens is 355 g/mol. The van der Waals surface area contributed by atoms with Crippen molar-refractivity contribution in [2.45, 2.75) is 6.92 Å². The average molecular weight is 364 g/mol. The van der Waals surface area contributed by atoms with Crippen molar-refractivity contribution in [1.82, 2.24) is 4.98 Å². The largest absolute Gasteiger partial charge is 0.284 e. The van der Waals surface area contributed by atoms with Crippen LogP contribution in [0, 0.1) is 10.5 Å². The number of aromatic nitrogens is 1. The fourth-order valence-corrected chi connectivity index (χ4v) is 2.52. The topological polar surface area (TPSA) is 50.3 Å². The Morgan fingerprint density at radius 2 is 1.95 bits per heavy atom.